The topological polar surface area (TPSA) is 23.6 Å². The van der Waals surface area contributed by atoms with E-state index in [0.717, 1.165) is 42.2 Å². The van der Waals surface area contributed by atoms with Crippen LogP contribution in [0.2, 0.25) is 5.02 Å². The van der Waals surface area contributed by atoms with E-state index in [9.17, 15) is 4.79 Å². The van der Waals surface area contributed by atoms with Crippen LogP contribution in [-0.4, -0.2) is 38.0 Å². The summed E-state index contributed by atoms with van der Waals surface area (Å²) in [5, 5.41) is 0.766. The van der Waals surface area contributed by atoms with Gasteiger partial charge in [-0.1, -0.05) is 29.8 Å². The van der Waals surface area contributed by atoms with Gasteiger partial charge in [0.2, 0.25) is 0 Å². The molecule has 0 aromatic heterocycles. The third-order valence-electron chi connectivity index (χ3n) is 4.62. The molecule has 126 valence electrons. The summed E-state index contributed by atoms with van der Waals surface area (Å²) in [6.45, 7) is 1.66. The van der Waals surface area contributed by atoms with Gasteiger partial charge in [-0.15, -0.1) is 0 Å². The highest BCUT2D eigenvalue weighted by Gasteiger charge is 2.27. The molecular weight excluding hydrogens is 320 g/mol. The molecule has 1 unspecified atom stereocenters. The Bertz CT molecular complexity index is 712. The number of carbonyl (C=O) groups excluding carboxylic acids is 1. The van der Waals surface area contributed by atoms with E-state index >= 15 is 0 Å². The van der Waals surface area contributed by atoms with Gasteiger partial charge in [-0.05, 0) is 54.7 Å². The lowest BCUT2D eigenvalue weighted by Gasteiger charge is -2.18. The summed E-state index contributed by atoms with van der Waals surface area (Å²) in [5.41, 5.74) is 3.11. The monoisotopic (exact) mass is 342 g/mol. The van der Waals surface area contributed by atoms with E-state index in [-0.39, 0.29) is 5.91 Å². The number of halogens is 1. The first-order valence-corrected chi connectivity index (χ1v) is 8.72. The zero-order chi connectivity index (χ0) is 17.1. The molecule has 3 nitrogen and oxygen atoms in total. The van der Waals surface area contributed by atoms with Crippen LogP contribution in [0.5, 0.6) is 0 Å². The molecule has 1 fully saturated rings. The summed E-state index contributed by atoms with van der Waals surface area (Å²) in [7, 11) is 3.98. The van der Waals surface area contributed by atoms with Crippen molar-refractivity contribution in [3.63, 3.8) is 0 Å². The summed E-state index contributed by atoms with van der Waals surface area (Å²) in [5.74, 6) is 0.657. The lowest BCUT2D eigenvalue weighted by Crippen LogP contribution is -2.29. The van der Waals surface area contributed by atoms with Gasteiger partial charge in [0.1, 0.15) is 0 Å². The largest absolute Gasteiger partial charge is 0.378 e. The number of nitrogens with zero attached hydrogens (tertiary/aromatic N) is 2. The number of likely N-dealkylation sites (tertiary alicyclic amines) is 1. The maximum atomic E-state index is 12.8. The Labute approximate surface area is 148 Å². The minimum Gasteiger partial charge on any atom is -0.378 e. The second-order valence-corrected chi connectivity index (χ2v) is 7.12. The Morgan fingerprint density at radius 2 is 1.96 bits per heavy atom. The SMILES string of the molecule is CN(C)c1cccc(C(=O)N2CCC(Cc3ccc(Cl)cc3)C2)c1. The van der Waals surface area contributed by atoms with E-state index in [4.69, 9.17) is 11.6 Å². The maximum Gasteiger partial charge on any atom is 0.253 e. The fourth-order valence-electron chi connectivity index (χ4n) is 3.24. The van der Waals surface area contributed by atoms with Gasteiger partial charge < -0.3 is 9.80 Å². The van der Waals surface area contributed by atoms with Gasteiger partial charge in [-0.25, -0.2) is 0 Å². The number of hydrogen-bond acceptors (Lipinski definition) is 2. The number of amides is 1. The molecule has 0 saturated carbocycles. The van der Waals surface area contributed by atoms with E-state index in [1.807, 2.05) is 60.3 Å². The predicted molar refractivity (Wildman–Crippen MR) is 99.9 cm³/mol. The summed E-state index contributed by atoms with van der Waals surface area (Å²) in [4.78, 5) is 16.8. The summed E-state index contributed by atoms with van der Waals surface area (Å²) in [6, 6.07) is 15.9. The Morgan fingerprint density at radius 1 is 1.21 bits per heavy atom. The van der Waals surface area contributed by atoms with E-state index < -0.39 is 0 Å². The predicted octanol–water partition coefficient (Wildman–Crippen LogP) is 4.11. The molecule has 0 aliphatic carbocycles. The van der Waals surface area contributed by atoms with Crippen molar-refractivity contribution >= 4 is 23.2 Å². The van der Waals surface area contributed by atoms with Crippen molar-refractivity contribution in [1.29, 1.82) is 0 Å². The first-order valence-electron chi connectivity index (χ1n) is 8.34. The lowest BCUT2D eigenvalue weighted by atomic mass is 9.99. The molecule has 24 heavy (non-hydrogen) atoms. The number of hydrogen-bond donors (Lipinski definition) is 0. The van der Waals surface area contributed by atoms with Crippen LogP contribution in [0.1, 0.15) is 22.3 Å². The van der Waals surface area contributed by atoms with Gasteiger partial charge in [0.25, 0.3) is 5.91 Å². The van der Waals surface area contributed by atoms with Gasteiger partial charge in [0.05, 0.1) is 0 Å². The van der Waals surface area contributed by atoms with Crippen molar-refractivity contribution in [1.82, 2.24) is 4.90 Å². The van der Waals surface area contributed by atoms with Crippen LogP contribution in [0.25, 0.3) is 0 Å². The van der Waals surface area contributed by atoms with Gasteiger partial charge in [0.15, 0.2) is 0 Å². The molecule has 1 aliphatic heterocycles. The second-order valence-electron chi connectivity index (χ2n) is 6.68. The fourth-order valence-corrected chi connectivity index (χ4v) is 3.36. The van der Waals surface area contributed by atoms with Crippen LogP contribution >= 0.6 is 11.6 Å². The van der Waals surface area contributed by atoms with Crippen molar-refractivity contribution in [2.45, 2.75) is 12.8 Å². The smallest absolute Gasteiger partial charge is 0.253 e. The number of carbonyl (C=O) groups is 1. The molecule has 1 amide bonds. The number of rotatable bonds is 4. The molecular formula is C20H23ClN2O. The van der Waals surface area contributed by atoms with Gasteiger partial charge in [0, 0.05) is 43.5 Å². The molecule has 0 N–H and O–H groups in total. The molecule has 1 atom stereocenters. The van der Waals surface area contributed by atoms with Crippen LogP contribution in [0, 0.1) is 5.92 Å². The molecule has 0 bridgehead atoms. The Hall–Kier alpha value is -2.00. The van der Waals surface area contributed by atoms with E-state index in [1.165, 1.54) is 5.56 Å². The zero-order valence-electron chi connectivity index (χ0n) is 14.2. The molecule has 0 radical (unpaired) electrons. The molecule has 4 heteroatoms. The summed E-state index contributed by atoms with van der Waals surface area (Å²) < 4.78 is 0. The molecule has 1 saturated heterocycles. The third kappa shape index (κ3) is 3.90. The van der Waals surface area contributed by atoms with E-state index in [2.05, 4.69) is 12.1 Å². The van der Waals surface area contributed by atoms with Crippen LogP contribution in [-0.2, 0) is 6.42 Å². The summed E-state index contributed by atoms with van der Waals surface area (Å²) in [6.07, 6.45) is 2.06. The van der Waals surface area contributed by atoms with E-state index in [1.54, 1.807) is 0 Å². The highest BCUT2D eigenvalue weighted by molar-refractivity contribution is 6.30. The van der Waals surface area contributed by atoms with Crippen LogP contribution in [0.3, 0.4) is 0 Å². The van der Waals surface area contributed by atoms with Gasteiger partial charge in [-0.3, -0.25) is 4.79 Å². The Morgan fingerprint density at radius 3 is 2.67 bits per heavy atom. The number of benzene rings is 2. The molecule has 0 spiro atoms. The average Bonchev–Trinajstić information content (AvgIpc) is 3.05. The first-order chi connectivity index (χ1) is 11.5. The van der Waals surface area contributed by atoms with Crippen LogP contribution in [0.4, 0.5) is 5.69 Å². The van der Waals surface area contributed by atoms with Crippen molar-refractivity contribution in [3.05, 3.63) is 64.7 Å². The highest BCUT2D eigenvalue weighted by atomic mass is 35.5. The van der Waals surface area contributed by atoms with Gasteiger partial charge >= 0.3 is 0 Å². The summed E-state index contributed by atoms with van der Waals surface area (Å²) >= 11 is 5.94. The average molecular weight is 343 g/mol. The number of anilines is 1. The fraction of sp³-hybridized carbons (Fsp3) is 0.350. The highest BCUT2D eigenvalue weighted by Crippen LogP contribution is 2.24. The molecule has 1 aliphatic rings. The van der Waals surface area contributed by atoms with Crippen molar-refractivity contribution in [2.75, 3.05) is 32.1 Å². The molecule has 2 aromatic rings. The molecule has 2 aromatic carbocycles. The van der Waals surface area contributed by atoms with Crippen LogP contribution in [0.15, 0.2) is 48.5 Å². The van der Waals surface area contributed by atoms with E-state index in [0.29, 0.717) is 5.92 Å². The standard InChI is InChI=1S/C20H23ClN2O/c1-22(2)19-5-3-4-17(13-19)20(24)23-11-10-16(14-23)12-15-6-8-18(21)9-7-15/h3-9,13,16H,10-12,14H2,1-2H3. The van der Waals surface area contributed by atoms with Crippen molar-refractivity contribution < 1.29 is 4.79 Å². The minimum absolute atomic E-state index is 0.136. The second kappa shape index (κ2) is 7.27. The lowest BCUT2D eigenvalue weighted by molar-refractivity contribution is 0.0787. The Balaban J connectivity index is 1.63. The molecule has 1 heterocycles. The zero-order valence-corrected chi connectivity index (χ0v) is 15.0. The maximum absolute atomic E-state index is 12.8. The van der Waals surface area contributed by atoms with Crippen LogP contribution < -0.4 is 4.90 Å². The van der Waals surface area contributed by atoms with Crippen molar-refractivity contribution in [2.24, 2.45) is 5.92 Å². The Kier molecular flexibility index (Phi) is 5.10. The van der Waals surface area contributed by atoms with Crippen molar-refractivity contribution in [3.8, 4) is 0 Å². The third-order valence-corrected chi connectivity index (χ3v) is 4.87. The van der Waals surface area contributed by atoms with Gasteiger partial charge in [-0.2, -0.15) is 0 Å². The minimum atomic E-state index is 0.136. The quantitative estimate of drug-likeness (QED) is 0.834. The molecule has 3 rings (SSSR count). The first kappa shape index (κ1) is 16.8. The normalized spacial score (nSPS) is 17.1.